The van der Waals surface area contributed by atoms with Crippen LogP contribution in [0.2, 0.25) is 0 Å². The minimum atomic E-state index is -0.195. The van der Waals surface area contributed by atoms with Gasteiger partial charge >= 0.3 is 0 Å². The Hall–Kier alpha value is -1.13. The first-order valence-electron chi connectivity index (χ1n) is 5.12. The van der Waals surface area contributed by atoms with Gasteiger partial charge in [-0.1, -0.05) is 0 Å². The number of nitrogens with two attached hydrogens (primary N) is 1. The van der Waals surface area contributed by atoms with E-state index in [1.807, 2.05) is 0 Å². The van der Waals surface area contributed by atoms with Gasteiger partial charge in [0.05, 0.1) is 6.61 Å². The first-order valence-corrected chi connectivity index (χ1v) is 5.12. The molecule has 0 spiro atoms. The molecule has 1 aliphatic heterocycles. The molecule has 82 valence electrons. The Balaban J connectivity index is 1.98. The van der Waals surface area contributed by atoms with Gasteiger partial charge in [0.25, 0.3) is 0 Å². The summed E-state index contributed by atoms with van der Waals surface area (Å²) >= 11 is 0. The lowest BCUT2D eigenvalue weighted by molar-refractivity contribution is 0.108. The van der Waals surface area contributed by atoms with Crippen molar-refractivity contribution in [2.45, 2.75) is 6.42 Å². The average Bonchev–Trinajstić information content (AvgIpc) is 2.68. The van der Waals surface area contributed by atoms with E-state index >= 15 is 0 Å². The van der Waals surface area contributed by atoms with Crippen LogP contribution in [0.4, 0.5) is 10.1 Å². The van der Waals surface area contributed by atoms with E-state index in [1.54, 1.807) is 12.1 Å². The van der Waals surface area contributed by atoms with E-state index in [0.29, 0.717) is 12.5 Å². The van der Waals surface area contributed by atoms with Crippen LogP contribution in [0.25, 0.3) is 0 Å². The van der Waals surface area contributed by atoms with E-state index < -0.39 is 0 Å². The molecule has 0 bridgehead atoms. The number of hydrogen-bond donors (Lipinski definition) is 1. The van der Waals surface area contributed by atoms with Crippen LogP contribution in [0.15, 0.2) is 24.3 Å². The molecule has 0 amide bonds. The smallest absolute Gasteiger partial charge is 0.123 e. The summed E-state index contributed by atoms with van der Waals surface area (Å²) in [6.07, 6.45) is 1.08. The van der Waals surface area contributed by atoms with Crippen LogP contribution in [0, 0.1) is 11.7 Å². The first-order chi connectivity index (χ1) is 7.29. The quantitative estimate of drug-likeness (QED) is 0.769. The molecular formula is C11H15FN2O. The van der Waals surface area contributed by atoms with E-state index in [0.717, 1.165) is 25.2 Å². The Morgan fingerprint density at radius 3 is 2.80 bits per heavy atom. The number of nitrogens with zero attached hydrogens (tertiary/aromatic N) is 1. The molecular weight excluding hydrogens is 195 g/mol. The molecule has 1 aliphatic rings. The van der Waals surface area contributed by atoms with Crippen LogP contribution in [0.1, 0.15) is 6.42 Å². The second-order valence-corrected chi connectivity index (χ2v) is 3.91. The molecule has 1 aromatic rings. The zero-order valence-corrected chi connectivity index (χ0v) is 8.53. The van der Waals surface area contributed by atoms with Crippen LogP contribution in [0.5, 0.6) is 0 Å². The second kappa shape index (κ2) is 4.59. The fraction of sp³-hybridized carbons (Fsp3) is 0.455. The summed E-state index contributed by atoms with van der Waals surface area (Å²) in [7, 11) is 0. The number of halogens is 1. The van der Waals surface area contributed by atoms with Gasteiger partial charge in [-0.3, -0.25) is 0 Å². The van der Waals surface area contributed by atoms with Crippen molar-refractivity contribution in [3.05, 3.63) is 30.1 Å². The van der Waals surface area contributed by atoms with Crippen molar-refractivity contribution in [2.75, 3.05) is 24.6 Å². The van der Waals surface area contributed by atoms with Gasteiger partial charge in [-0.05, 0) is 30.7 Å². The van der Waals surface area contributed by atoms with Crippen LogP contribution in [-0.2, 0) is 4.84 Å². The molecule has 0 aliphatic carbocycles. The summed E-state index contributed by atoms with van der Waals surface area (Å²) in [5.74, 6) is 5.34. The first kappa shape index (κ1) is 10.4. The summed E-state index contributed by atoms with van der Waals surface area (Å²) in [5.41, 5.74) is 1.07. The molecule has 2 rings (SSSR count). The molecule has 1 unspecified atom stereocenters. The van der Waals surface area contributed by atoms with Gasteiger partial charge in [0.1, 0.15) is 5.82 Å². The van der Waals surface area contributed by atoms with Crippen LogP contribution in [0.3, 0.4) is 0 Å². The number of benzene rings is 1. The van der Waals surface area contributed by atoms with Gasteiger partial charge in [-0.25, -0.2) is 10.3 Å². The maximum absolute atomic E-state index is 12.7. The molecule has 1 saturated heterocycles. The molecule has 1 atom stereocenters. The number of rotatable bonds is 3. The summed E-state index contributed by atoms with van der Waals surface area (Å²) in [4.78, 5) is 6.87. The largest absolute Gasteiger partial charge is 0.371 e. The Bertz CT molecular complexity index is 315. The zero-order chi connectivity index (χ0) is 10.7. The van der Waals surface area contributed by atoms with Crippen LogP contribution in [-0.4, -0.2) is 19.7 Å². The predicted octanol–water partition coefficient (Wildman–Crippen LogP) is 1.54. The Labute approximate surface area is 88.6 Å². The topological polar surface area (TPSA) is 38.5 Å². The Kier molecular flexibility index (Phi) is 3.18. The van der Waals surface area contributed by atoms with Gasteiger partial charge in [-0.15, -0.1) is 0 Å². The lowest BCUT2D eigenvalue weighted by atomic mass is 10.1. The minimum absolute atomic E-state index is 0.195. The van der Waals surface area contributed by atoms with Crippen LogP contribution < -0.4 is 10.8 Å². The summed E-state index contributed by atoms with van der Waals surface area (Å²) < 4.78 is 12.7. The molecule has 2 N–H and O–H groups in total. The molecule has 1 aromatic carbocycles. The maximum atomic E-state index is 12.7. The fourth-order valence-corrected chi connectivity index (χ4v) is 1.99. The third-order valence-corrected chi connectivity index (χ3v) is 2.81. The van der Waals surface area contributed by atoms with Gasteiger partial charge < -0.3 is 9.74 Å². The van der Waals surface area contributed by atoms with E-state index in [-0.39, 0.29) is 5.82 Å². The van der Waals surface area contributed by atoms with Gasteiger partial charge in [0.15, 0.2) is 0 Å². The summed E-state index contributed by atoms with van der Waals surface area (Å²) in [6, 6.07) is 6.59. The normalized spacial score (nSPS) is 20.9. The van der Waals surface area contributed by atoms with E-state index in [1.165, 1.54) is 12.1 Å². The van der Waals surface area contributed by atoms with Crippen molar-refractivity contribution in [2.24, 2.45) is 11.8 Å². The molecule has 0 aromatic heterocycles. The maximum Gasteiger partial charge on any atom is 0.123 e. The van der Waals surface area contributed by atoms with Crippen molar-refractivity contribution in [3.8, 4) is 0 Å². The monoisotopic (exact) mass is 210 g/mol. The number of hydrogen-bond acceptors (Lipinski definition) is 3. The Morgan fingerprint density at radius 2 is 2.13 bits per heavy atom. The second-order valence-electron chi connectivity index (χ2n) is 3.91. The predicted molar refractivity (Wildman–Crippen MR) is 56.9 cm³/mol. The van der Waals surface area contributed by atoms with Crippen molar-refractivity contribution >= 4 is 5.69 Å². The molecule has 0 saturated carbocycles. The van der Waals surface area contributed by atoms with E-state index in [4.69, 9.17) is 5.90 Å². The SMILES string of the molecule is NOCC1CCN(c2ccc(F)cc2)C1. The van der Waals surface area contributed by atoms with Crippen molar-refractivity contribution < 1.29 is 9.23 Å². The van der Waals surface area contributed by atoms with Crippen molar-refractivity contribution in [3.63, 3.8) is 0 Å². The van der Waals surface area contributed by atoms with Gasteiger partial charge in [0.2, 0.25) is 0 Å². The minimum Gasteiger partial charge on any atom is -0.371 e. The highest BCUT2D eigenvalue weighted by Crippen LogP contribution is 2.23. The molecule has 1 fully saturated rings. The summed E-state index contributed by atoms with van der Waals surface area (Å²) in [5, 5.41) is 0. The van der Waals surface area contributed by atoms with E-state index in [2.05, 4.69) is 9.74 Å². The Morgan fingerprint density at radius 1 is 1.40 bits per heavy atom. The standard InChI is InChI=1S/C11H15FN2O/c12-10-1-3-11(4-2-10)14-6-5-9(7-14)8-15-13/h1-4,9H,5-8,13H2. The molecule has 4 heteroatoms. The molecule has 3 nitrogen and oxygen atoms in total. The van der Waals surface area contributed by atoms with Crippen LogP contribution >= 0.6 is 0 Å². The molecule has 15 heavy (non-hydrogen) atoms. The summed E-state index contributed by atoms with van der Waals surface area (Å²) in [6.45, 7) is 2.51. The molecule has 0 radical (unpaired) electrons. The average molecular weight is 210 g/mol. The third kappa shape index (κ3) is 2.46. The zero-order valence-electron chi connectivity index (χ0n) is 8.53. The highest BCUT2D eigenvalue weighted by molar-refractivity contribution is 5.47. The van der Waals surface area contributed by atoms with Gasteiger partial charge in [-0.2, -0.15) is 0 Å². The van der Waals surface area contributed by atoms with E-state index in [9.17, 15) is 4.39 Å². The lowest BCUT2D eigenvalue weighted by Crippen LogP contribution is -2.21. The van der Waals surface area contributed by atoms with Gasteiger partial charge in [0, 0.05) is 24.7 Å². The third-order valence-electron chi connectivity index (χ3n) is 2.81. The number of anilines is 1. The highest BCUT2D eigenvalue weighted by atomic mass is 19.1. The fourth-order valence-electron chi connectivity index (χ4n) is 1.99. The highest BCUT2D eigenvalue weighted by Gasteiger charge is 2.22. The van der Waals surface area contributed by atoms with Crippen molar-refractivity contribution in [1.82, 2.24) is 0 Å². The lowest BCUT2D eigenvalue weighted by Gasteiger charge is -2.18. The van der Waals surface area contributed by atoms with Crippen molar-refractivity contribution in [1.29, 1.82) is 0 Å². The molecule has 1 heterocycles.